The molecule has 178 valence electrons. The quantitative estimate of drug-likeness (QED) is 0.375. The van der Waals surface area contributed by atoms with Crippen LogP contribution in [0.3, 0.4) is 0 Å². The van der Waals surface area contributed by atoms with E-state index in [0.717, 1.165) is 21.6 Å². The van der Waals surface area contributed by atoms with Crippen LogP contribution >= 0.6 is 23.5 Å². The maximum Gasteiger partial charge on any atom is 0.294 e. The van der Waals surface area contributed by atoms with Crippen molar-refractivity contribution in [1.29, 1.82) is 0 Å². The molecule has 1 heterocycles. The summed E-state index contributed by atoms with van der Waals surface area (Å²) in [5.74, 6) is -0.968. The number of thioether (sulfide) groups is 2. The van der Waals surface area contributed by atoms with Gasteiger partial charge in [0.25, 0.3) is 17.1 Å². The maximum absolute atomic E-state index is 12.8. The number of ether oxygens (including phenoxy) is 2. The number of nitrogens with zero attached hydrogens (tertiary/aromatic N) is 1. The number of amides is 4. The molecule has 9 nitrogen and oxygen atoms in total. The topological polar surface area (TPSA) is 128 Å². The van der Waals surface area contributed by atoms with E-state index in [9.17, 15) is 19.2 Å². The van der Waals surface area contributed by atoms with Crippen molar-refractivity contribution in [1.82, 2.24) is 4.90 Å². The molecule has 0 radical (unpaired) electrons. The fraction of sp³-hybridized carbons (Fsp3) is 0.217. The number of rotatable bonds is 10. The lowest BCUT2D eigenvalue weighted by atomic mass is 10.2. The van der Waals surface area contributed by atoms with Crippen LogP contribution in [0.15, 0.2) is 52.3 Å². The molecule has 34 heavy (non-hydrogen) atoms. The van der Waals surface area contributed by atoms with Crippen molar-refractivity contribution in [3.05, 3.63) is 52.9 Å². The summed E-state index contributed by atoms with van der Waals surface area (Å²) in [4.78, 5) is 50.7. The molecular formula is C23H23N3O6S2. The standard InChI is InChI=1S/C23H23N3O6S2/c1-3-31-18-9-14(7-8-17(18)32-13-20(24)27)10-19-22(29)26(23(30)34-19)12-21(28)25-15-5-4-6-16(11-15)33-2/h4-11H,3,12-13H2,1-2H3,(H2,24,27)(H,25,28)/b19-10-. The summed E-state index contributed by atoms with van der Waals surface area (Å²) in [6, 6.07) is 12.1. The number of hydrogen-bond acceptors (Lipinski definition) is 8. The number of nitrogens with one attached hydrogen (secondary N) is 1. The first-order valence-electron chi connectivity index (χ1n) is 10.2. The van der Waals surface area contributed by atoms with Gasteiger partial charge >= 0.3 is 0 Å². The van der Waals surface area contributed by atoms with Gasteiger partial charge in [0, 0.05) is 10.6 Å². The Balaban J connectivity index is 1.71. The van der Waals surface area contributed by atoms with Gasteiger partial charge < -0.3 is 20.5 Å². The zero-order chi connectivity index (χ0) is 24.7. The van der Waals surface area contributed by atoms with Gasteiger partial charge in [-0.05, 0) is 66.9 Å². The van der Waals surface area contributed by atoms with Gasteiger partial charge in [0.15, 0.2) is 18.1 Å². The molecule has 1 saturated heterocycles. The van der Waals surface area contributed by atoms with E-state index < -0.39 is 29.5 Å². The average Bonchev–Trinajstić information content (AvgIpc) is 3.06. The molecule has 4 amide bonds. The second kappa shape index (κ2) is 11.6. The predicted octanol–water partition coefficient (Wildman–Crippen LogP) is 3.35. The van der Waals surface area contributed by atoms with Crippen LogP contribution in [0.2, 0.25) is 0 Å². The van der Waals surface area contributed by atoms with Crippen LogP contribution in [-0.2, 0) is 14.4 Å². The van der Waals surface area contributed by atoms with Crippen LogP contribution in [-0.4, -0.2) is 53.9 Å². The van der Waals surface area contributed by atoms with E-state index >= 15 is 0 Å². The Bertz CT molecular complexity index is 1150. The zero-order valence-corrected chi connectivity index (χ0v) is 20.2. The molecule has 3 rings (SSSR count). The molecule has 0 aromatic heterocycles. The lowest BCUT2D eigenvalue weighted by Gasteiger charge is -2.13. The Morgan fingerprint density at radius 2 is 1.94 bits per heavy atom. The zero-order valence-electron chi connectivity index (χ0n) is 18.5. The third-order valence-electron chi connectivity index (χ3n) is 4.46. The second-order valence-corrected chi connectivity index (χ2v) is 8.82. The first-order chi connectivity index (χ1) is 16.3. The van der Waals surface area contributed by atoms with Crippen molar-refractivity contribution < 1.29 is 28.7 Å². The van der Waals surface area contributed by atoms with Crippen molar-refractivity contribution in [2.45, 2.75) is 11.8 Å². The molecule has 1 aliphatic rings. The van der Waals surface area contributed by atoms with Gasteiger partial charge in [-0.2, -0.15) is 0 Å². The predicted molar refractivity (Wildman–Crippen MR) is 132 cm³/mol. The molecule has 0 atom stereocenters. The SMILES string of the molecule is CCOc1cc(/C=C2\SC(=O)N(CC(=O)Nc3cccc(SC)c3)C2=O)ccc1OCC(N)=O. The van der Waals surface area contributed by atoms with Crippen molar-refractivity contribution in [3.63, 3.8) is 0 Å². The third-order valence-corrected chi connectivity index (χ3v) is 6.10. The monoisotopic (exact) mass is 501 g/mol. The fourth-order valence-corrected chi connectivity index (χ4v) is 4.28. The van der Waals surface area contributed by atoms with Gasteiger partial charge in [-0.25, -0.2) is 0 Å². The Morgan fingerprint density at radius 1 is 1.15 bits per heavy atom. The van der Waals surface area contributed by atoms with Gasteiger partial charge in [-0.1, -0.05) is 12.1 Å². The van der Waals surface area contributed by atoms with Crippen molar-refractivity contribution in [2.75, 3.05) is 31.3 Å². The van der Waals surface area contributed by atoms with E-state index in [4.69, 9.17) is 15.2 Å². The molecular weight excluding hydrogens is 478 g/mol. The Kier molecular flexibility index (Phi) is 8.61. The van der Waals surface area contributed by atoms with E-state index in [1.165, 1.54) is 17.8 Å². The Hall–Kier alpha value is -3.44. The highest BCUT2D eigenvalue weighted by Gasteiger charge is 2.36. The van der Waals surface area contributed by atoms with E-state index in [2.05, 4.69) is 5.32 Å². The number of imide groups is 1. The van der Waals surface area contributed by atoms with Crippen LogP contribution in [0.5, 0.6) is 11.5 Å². The third kappa shape index (κ3) is 6.55. The summed E-state index contributed by atoms with van der Waals surface area (Å²) >= 11 is 2.29. The van der Waals surface area contributed by atoms with Gasteiger partial charge in [0.05, 0.1) is 11.5 Å². The summed E-state index contributed by atoms with van der Waals surface area (Å²) in [6.07, 6.45) is 3.46. The highest BCUT2D eigenvalue weighted by molar-refractivity contribution is 8.18. The van der Waals surface area contributed by atoms with Crippen molar-refractivity contribution >= 4 is 58.2 Å². The molecule has 0 aliphatic carbocycles. The normalized spacial score (nSPS) is 14.4. The van der Waals surface area contributed by atoms with Crippen LogP contribution in [0.4, 0.5) is 10.5 Å². The van der Waals surface area contributed by atoms with Crippen molar-refractivity contribution in [3.8, 4) is 11.5 Å². The van der Waals surface area contributed by atoms with Crippen LogP contribution in [0.1, 0.15) is 12.5 Å². The number of benzene rings is 2. The van der Waals surface area contributed by atoms with Crippen LogP contribution in [0.25, 0.3) is 6.08 Å². The lowest BCUT2D eigenvalue weighted by molar-refractivity contribution is -0.127. The van der Waals surface area contributed by atoms with E-state index in [0.29, 0.717) is 29.4 Å². The van der Waals surface area contributed by atoms with Crippen LogP contribution in [0, 0.1) is 0 Å². The summed E-state index contributed by atoms with van der Waals surface area (Å²) in [5.41, 5.74) is 6.28. The fourth-order valence-electron chi connectivity index (χ4n) is 2.98. The van der Waals surface area contributed by atoms with Gasteiger partial charge in [-0.15, -0.1) is 11.8 Å². The molecule has 0 bridgehead atoms. The second-order valence-electron chi connectivity index (χ2n) is 6.94. The highest BCUT2D eigenvalue weighted by atomic mass is 32.2. The van der Waals surface area contributed by atoms with Gasteiger partial charge in [-0.3, -0.25) is 24.1 Å². The summed E-state index contributed by atoms with van der Waals surface area (Å²) in [5, 5.41) is 2.17. The number of anilines is 1. The first kappa shape index (κ1) is 25.2. The molecule has 0 spiro atoms. The maximum atomic E-state index is 12.8. The highest BCUT2D eigenvalue weighted by Crippen LogP contribution is 2.34. The molecule has 3 N–H and O–H groups in total. The molecule has 0 saturated carbocycles. The molecule has 11 heteroatoms. The number of nitrogens with two attached hydrogens (primary N) is 1. The van der Waals surface area contributed by atoms with E-state index in [-0.39, 0.29) is 11.5 Å². The number of carbonyl (C=O) groups excluding carboxylic acids is 4. The molecule has 0 unspecified atom stereocenters. The van der Waals surface area contributed by atoms with Gasteiger partial charge in [0.1, 0.15) is 6.54 Å². The Morgan fingerprint density at radius 3 is 2.65 bits per heavy atom. The number of primary amides is 1. The van der Waals surface area contributed by atoms with Crippen molar-refractivity contribution in [2.24, 2.45) is 5.73 Å². The molecule has 2 aromatic rings. The van der Waals surface area contributed by atoms with E-state index in [1.807, 2.05) is 24.5 Å². The largest absolute Gasteiger partial charge is 0.490 e. The minimum absolute atomic E-state index is 0.176. The smallest absolute Gasteiger partial charge is 0.294 e. The molecule has 2 aromatic carbocycles. The summed E-state index contributed by atoms with van der Waals surface area (Å²) < 4.78 is 10.9. The minimum atomic E-state index is -0.624. The van der Waals surface area contributed by atoms with Crippen LogP contribution < -0.4 is 20.5 Å². The lowest BCUT2D eigenvalue weighted by Crippen LogP contribution is -2.36. The van der Waals surface area contributed by atoms with Gasteiger partial charge in [0.2, 0.25) is 5.91 Å². The molecule has 1 aliphatic heterocycles. The summed E-state index contributed by atoms with van der Waals surface area (Å²) in [6.45, 7) is 1.44. The van der Waals surface area contributed by atoms with E-state index in [1.54, 1.807) is 31.2 Å². The average molecular weight is 502 g/mol. The number of hydrogen-bond donors (Lipinski definition) is 2. The Labute approximate surface area is 205 Å². The minimum Gasteiger partial charge on any atom is -0.490 e. The number of carbonyl (C=O) groups is 4. The first-order valence-corrected chi connectivity index (χ1v) is 12.2. The molecule has 1 fully saturated rings. The summed E-state index contributed by atoms with van der Waals surface area (Å²) in [7, 11) is 0.